The van der Waals surface area contributed by atoms with E-state index in [0.717, 1.165) is 43.4 Å². The van der Waals surface area contributed by atoms with Crippen LogP contribution in [0.4, 0.5) is 5.82 Å². The number of halogens is 1. The van der Waals surface area contributed by atoms with Crippen molar-refractivity contribution in [1.82, 2.24) is 9.78 Å². The molecule has 1 aromatic heterocycles. The van der Waals surface area contributed by atoms with Crippen molar-refractivity contribution in [2.24, 2.45) is 11.8 Å². The molecule has 5 nitrogen and oxygen atoms in total. The number of anilines is 1. The summed E-state index contributed by atoms with van der Waals surface area (Å²) in [7, 11) is 0. The lowest BCUT2D eigenvalue weighted by atomic mass is 10.1. The van der Waals surface area contributed by atoms with Gasteiger partial charge in [0, 0.05) is 36.1 Å². The van der Waals surface area contributed by atoms with Crippen LogP contribution < -0.4 is 5.32 Å². The van der Waals surface area contributed by atoms with Crippen LogP contribution in [0.25, 0.3) is 0 Å². The van der Waals surface area contributed by atoms with E-state index in [1.807, 2.05) is 35.0 Å². The molecule has 1 aromatic carbocycles. The Kier molecular flexibility index (Phi) is 4.29. The minimum absolute atomic E-state index is 0.0318. The van der Waals surface area contributed by atoms with E-state index in [1.165, 1.54) is 5.56 Å². The van der Waals surface area contributed by atoms with E-state index in [-0.39, 0.29) is 11.8 Å². The lowest BCUT2D eigenvalue weighted by Gasteiger charge is -2.12. The highest BCUT2D eigenvalue weighted by atomic mass is 35.5. The average molecular weight is 346 g/mol. The van der Waals surface area contributed by atoms with Crippen molar-refractivity contribution in [1.29, 1.82) is 0 Å². The molecule has 4 rings (SSSR count). The Balaban J connectivity index is 1.37. The SMILES string of the molecule is O=C(Nc1ccnn1CC1CCOC1)C1CC1c1ccc(Cl)cc1. The van der Waals surface area contributed by atoms with Gasteiger partial charge in [0.2, 0.25) is 5.91 Å². The fourth-order valence-corrected chi connectivity index (χ4v) is 3.46. The normalized spacial score (nSPS) is 25.6. The number of nitrogens with zero attached hydrogens (tertiary/aromatic N) is 2. The molecule has 126 valence electrons. The number of hydrogen-bond acceptors (Lipinski definition) is 3. The Bertz CT molecular complexity index is 722. The third-order valence-corrected chi connectivity index (χ3v) is 5.10. The monoisotopic (exact) mass is 345 g/mol. The van der Waals surface area contributed by atoms with Crippen molar-refractivity contribution < 1.29 is 9.53 Å². The second-order valence-corrected chi connectivity index (χ2v) is 7.05. The van der Waals surface area contributed by atoms with Crippen LogP contribution in [-0.2, 0) is 16.1 Å². The summed E-state index contributed by atoms with van der Waals surface area (Å²) in [4.78, 5) is 12.5. The highest BCUT2D eigenvalue weighted by molar-refractivity contribution is 6.30. The molecule has 0 radical (unpaired) electrons. The van der Waals surface area contributed by atoms with Crippen LogP contribution in [0, 0.1) is 11.8 Å². The van der Waals surface area contributed by atoms with E-state index in [0.29, 0.717) is 11.8 Å². The fraction of sp³-hybridized carbons (Fsp3) is 0.444. The first kappa shape index (κ1) is 15.7. The van der Waals surface area contributed by atoms with Gasteiger partial charge in [0.25, 0.3) is 0 Å². The molecule has 1 saturated heterocycles. The number of carbonyl (C=O) groups is 1. The standard InChI is InChI=1S/C18H20ClN3O2/c19-14-3-1-13(2-4-14)15-9-16(15)18(23)21-17-5-7-20-22(17)10-12-6-8-24-11-12/h1-5,7,12,15-16H,6,8-11H2,(H,21,23). The fourth-order valence-electron chi connectivity index (χ4n) is 3.34. The minimum atomic E-state index is 0.0318. The number of nitrogens with one attached hydrogen (secondary N) is 1. The van der Waals surface area contributed by atoms with E-state index >= 15 is 0 Å². The van der Waals surface area contributed by atoms with Crippen molar-refractivity contribution >= 4 is 23.3 Å². The van der Waals surface area contributed by atoms with Crippen molar-refractivity contribution in [2.45, 2.75) is 25.3 Å². The summed E-state index contributed by atoms with van der Waals surface area (Å²) in [5.41, 5.74) is 1.18. The maximum Gasteiger partial charge on any atom is 0.229 e. The second kappa shape index (κ2) is 6.57. The highest BCUT2D eigenvalue weighted by Gasteiger charge is 2.44. The van der Waals surface area contributed by atoms with Gasteiger partial charge in [-0.25, -0.2) is 4.68 Å². The van der Waals surface area contributed by atoms with Gasteiger partial charge >= 0.3 is 0 Å². The number of rotatable bonds is 5. The predicted octanol–water partition coefficient (Wildman–Crippen LogP) is 3.32. The Morgan fingerprint density at radius 2 is 2.17 bits per heavy atom. The van der Waals surface area contributed by atoms with Crippen molar-refractivity contribution in [2.75, 3.05) is 18.5 Å². The zero-order valence-corrected chi connectivity index (χ0v) is 14.1. The molecule has 2 fully saturated rings. The van der Waals surface area contributed by atoms with Crippen LogP contribution in [0.1, 0.15) is 24.3 Å². The van der Waals surface area contributed by atoms with Gasteiger partial charge in [0.1, 0.15) is 5.82 Å². The molecule has 1 saturated carbocycles. The molecule has 6 heteroatoms. The summed E-state index contributed by atoms with van der Waals surface area (Å²) in [5, 5.41) is 8.09. The summed E-state index contributed by atoms with van der Waals surface area (Å²) < 4.78 is 7.28. The quantitative estimate of drug-likeness (QED) is 0.904. The number of carbonyl (C=O) groups excluding carboxylic acids is 1. The predicted molar refractivity (Wildman–Crippen MR) is 92.1 cm³/mol. The van der Waals surface area contributed by atoms with Crippen LogP contribution in [0.3, 0.4) is 0 Å². The molecule has 1 aliphatic carbocycles. The van der Waals surface area contributed by atoms with Gasteiger partial charge in [-0.05, 0) is 36.5 Å². The molecule has 3 atom stereocenters. The minimum Gasteiger partial charge on any atom is -0.381 e. The summed E-state index contributed by atoms with van der Waals surface area (Å²) >= 11 is 5.92. The van der Waals surface area contributed by atoms with E-state index < -0.39 is 0 Å². The Hall–Kier alpha value is -1.85. The number of ether oxygens (including phenoxy) is 1. The third-order valence-electron chi connectivity index (χ3n) is 4.85. The van der Waals surface area contributed by atoms with Gasteiger partial charge < -0.3 is 10.1 Å². The third kappa shape index (κ3) is 3.32. The lowest BCUT2D eigenvalue weighted by molar-refractivity contribution is -0.117. The van der Waals surface area contributed by atoms with Crippen LogP contribution in [-0.4, -0.2) is 28.9 Å². The number of aromatic nitrogens is 2. The van der Waals surface area contributed by atoms with Gasteiger partial charge in [-0.15, -0.1) is 0 Å². The summed E-state index contributed by atoms with van der Waals surface area (Å²) in [6.45, 7) is 2.38. The average Bonchev–Trinajstić information content (AvgIpc) is 2.99. The molecule has 24 heavy (non-hydrogen) atoms. The van der Waals surface area contributed by atoms with Gasteiger partial charge in [-0.1, -0.05) is 23.7 Å². The van der Waals surface area contributed by atoms with Crippen LogP contribution >= 0.6 is 11.6 Å². The van der Waals surface area contributed by atoms with Gasteiger partial charge in [-0.3, -0.25) is 4.79 Å². The van der Waals surface area contributed by atoms with Crippen LogP contribution in [0.15, 0.2) is 36.5 Å². The van der Waals surface area contributed by atoms with Crippen molar-refractivity contribution in [3.8, 4) is 0 Å². The topological polar surface area (TPSA) is 56.2 Å². The number of amides is 1. The van der Waals surface area contributed by atoms with Crippen LogP contribution in [0.5, 0.6) is 0 Å². The molecule has 2 aromatic rings. The number of hydrogen-bond donors (Lipinski definition) is 1. The summed E-state index contributed by atoms with van der Waals surface area (Å²) in [6.07, 6.45) is 3.67. The molecule has 2 heterocycles. The van der Waals surface area contributed by atoms with E-state index in [4.69, 9.17) is 16.3 Å². The van der Waals surface area contributed by atoms with Crippen molar-refractivity contribution in [3.05, 3.63) is 47.1 Å². The largest absolute Gasteiger partial charge is 0.381 e. The molecular weight excluding hydrogens is 326 g/mol. The Morgan fingerprint density at radius 1 is 1.33 bits per heavy atom. The lowest BCUT2D eigenvalue weighted by Crippen LogP contribution is -2.20. The number of benzene rings is 1. The maximum absolute atomic E-state index is 12.5. The smallest absolute Gasteiger partial charge is 0.229 e. The van der Waals surface area contributed by atoms with E-state index in [1.54, 1.807) is 6.20 Å². The van der Waals surface area contributed by atoms with Crippen LogP contribution in [0.2, 0.25) is 5.02 Å². The Labute approximate surface area is 145 Å². The zero-order valence-electron chi connectivity index (χ0n) is 13.3. The Morgan fingerprint density at radius 3 is 2.92 bits per heavy atom. The van der Waals surface area contributed by atoms with E-state index in [2.05, 4.69) is 10.4 Å². The van der Waals surface area contributed by atoms with Gasteiger partial charge in [0.05, 0.1) is 12.8 Å². The van der Waals surface area contributed by atoms with Gasteiger partial charge in [-0.2, -0.15) is 5.10 Å². The van der Waals surface area contributed by atoms with Gasteiger partial charge in [0.15, 0.2) is 0 Å². The van der Waals surface area contributed by atoms with E-state index in [9.17, 15) is 4.79 Å². The first-order valence-corrected chi connectivity index (χ1v) is 8.74. The first-order valence-electron chi connectivity index (χ1n) is 8.36. The molecule has 2 aliphatic rings. The molecule has 1 amide bonds. The maximum atomic E-state index is 12.5. The summed E-state index contributed by atoms with van der Waals surface area (Å²) in [6, 6.07) is 9.62. The summed E-state index contributed by atoms with van der Waals surface area (Å²) in [5.74, 6) is 1.64. The molecule has 1 N–H and O–H groups in total. The zero-order chi connectivity index (χ0) is 16.5. The molecule has 1 aliphatic heterocycles. The molecule has 3 unspecified atom stereocenters. The van der Waals surface area contributed by atoms with Crippen molar-refractivity contribution in [3.63, 3.8) is 0 Å². The molecule has 0 bridgehead atoms. The second-order valence-electron chi connectivity index (χ2n) is 6.62. The molecule has 0 spiro atoms. The molecular formula is C18H20ClN3O2. The highest BCUT2D eigenvalue weighted by Crippen LogP contribution is 2.48. The first-order chi connectivity index (χ1) is 11.7.